The van der Waals surface area contributed by atoms with Gasteiger partial charge in [0.05, 0.1) is 16.8 Å². The number of aromatic nitrogens is 3. The van der Waals surface area contributed by atoms with E-state index in [0.29, 0.717) is 10.8 Å². The lowest BCUT2D eigenvalue weighted by Crippen LogP contribution is -2.29. The number of benzene rings is 1. The summed E-state index contributed by atoms with van der Waals surface area (Å²) in [6.45, 7) is 2.67. The van der Waals surface area contributed by atoms with E-state index >= 15 is 0 Å². The number of piperidine rings is 1. The molecule has 0 bridgehead atoms. The van der Waals surface area contributed by atoms with E-state index < -0.39 is 9.84 Å². The lowest BCUT2D eigenvalue weighted by molar-refractivity contribution is 0.374. The third-order valence-corrected chi connectivity index (χ3v) is 7.10. The maximum absolute atomic E-state index is 11.8. The summed E-state index contributed by atoms with van der Waals surface area (Å²) in [7, 11) is -1.27. The van der Waals surface area contributed by atoms with Crippen LogP contribution in [0.4, 0.5) is 11.5 Å². The molecule has 1 fully saturated rings. The topological polar surface area (TPSA) is 104 Å². The fourth-order valence-corrected chi connectivity index (χ4v) is 4.87. The number of nitrogens with one attached hydrogen (secondary N) is 3. The first-order valence-electron chi connectivity index (χ1n) is 10.7. The Morgan fingerprint density at radius 2 is 2.03 bits per heavy atom. The summed E-state index contributed by atoms with van der Waals surface area (Å²) in [4.78, 5) is 5.33. The number of rotatable bonds is 5. The van der Waals surface area contributed by atoms with Gasteiger partial charge in [-0.1, -0.05) is 0 Å². The summed E-state index contributed by atoms with van der Waals surface area (Å²) in [6, 6.07) is 8.82. The van der Waals surface area contributed by atoms with E-state index in [1.54, 1.807) is 24.3 Å². The number of hydrogen-bond acceptors (Lipinski definition) is 8. The van der Waals surface area contributed by atoms with E-state index in [-0.39, 0.29) is 0 Å². The maximum Gasteiger partial charge on any atom is 0.175 e. The molecule has 4 heterocycles. The Kier molecular flexibility index (Phi) is 5.36. The molecule has 3 aromatic rings. The van der Waals surface area contributed by atoms with Gasteiger partial charge < -0.3 is 15.6 Å². The molecule has 1 aromatic carbocycles. The van der Waals surface area contributed by atoms with Crippen LogP contribution in [0.25, 0.3) is 11.2 Å². The zero-order valence-electron chi connectivity index (χ0n) is 18.2. The molecule has 168 valence electrons. The monoisotopic (exact) mass is 453 g/mol. The first kappa shape index (κ1) is 20.9. The van der Waals surface area contributed by atoms with Crippen LogP contribution in [0, 0.1) is 0 Å². The highest BCUT2D eigenvalue weighted by atomic mass is 32.2. The summed E-state index contributed by atoms with van der Waals surface area (Å²) in [5.74, 6) is 1.14. The van der Waals surface area contributed by atoms with Crippen molar-refractivity contribution in [3.8, 4) is 0 Å². The molecule has 5 rings (SSSR count). The Morgan fingerprint density at radius 1 is 1.22 bits per heavy atom. The molecule has 0 spiro atoms. The van der Waals surface area contributed by atoms with Gasteiger partial charge in [-0.25, -0.2) is 18.8 Å². The molecule has 0 radical (unpaired) electrons. The predicted molar refractivity (Wildman–Crippen MR) is 124 cm³/mol. The standard InChI is InChI=1S/C22H27N7O2S/c1-28-14-16(12-24-28)19-13-25-29-21(26-17-5-7-18(8-6-17)32(2,30)31)10-20(27-22(19)29)15-4-3-9-23-11-15/h5-8,10,13-15,23-24,26H,3-4,9,11-12H2,1-2H3. The molecule has 9 nitrogen and oxygen atoms in total. The highest BCUT2D eigenvalue weighted by Crippen LogP contribution is 2.30. The van der Waals surface area contributed by atoms with Gasteiger partial charge in [0.1, 0.15) is 5.82 Å². The number of nitrogens with zero attached hydrogens (tertiary/aromatic N) is 4. The summed E-state index contributed by atoms with van der Waals surface area (Å²) in [5, 5.41) is 13.5. The highest BCUT2D eigenvalue weighted by molar-refractivity contribution is 7.90. The van der Waals surface area contributed by atoms with E-state index in [2.05, 4.69) is 33.4 Å². The maximum atomic E-state index is 11.8. The van der Waals surface area contributed by atoms with Crippen LogP contribution in [0.2, 0.25) is 0 Å². The summed E-state index contributed by atoms with van der Waals surface area (Å²) < 4.78 is 25.4. The third-order valence-electron chi connectivity index (χ3n) is 5.98. The molecule has 32 heavy (non-hydrogen) atoms. The van der Waals surface area contributed by atoms with Crippen LogP contribution < -0.4 is 16.1 Å². The molecular weight excluding hydrogens is 426 g/mol. The minimum atomic E-state index is -3.24. The number of sulfone groups is 1. The van der Waals surface area contributed by atoms with Crippen molar-refractivity contribution >= 4 is 32.6 Å². The average Bonchev–Trinajstić information content (AvgIpc) is 3.40. The molecule has 2 aliphatic heterocycles. The van der Waals surface area contributed by atoms with Crippen molar-refractivity contribution in [1.82, 2.24) is 30.3 Å². The molecule has 2 aromatic heterocycles. The van der Waals surface area contributed by atoms with Gasteiger partial charge in [0.15, 0.2) is 15.5 Å². The fraction of sp³-hybridized carbons (Fsp3) is 0.364. The second kappa shape index (κ2) is 8.19. The van der Waals surface area contributed by atoms with Gasteiger partial charge in [-0.3, -0.25) is 0 Å². The summed E-state index contributed by atoms with van der Waals surface area (Å²) in [5.41, 5.74) is 8.04. The van der Waals surface area contributed by atoms with Gasteiger partial charge in [-0.15, -0.1) is 0 Å². The lowest BCUT2D eigenvalue weighted by Gasteiger charge is -2.23. The molecule has 1 atom stereocenters. The minimum Gasteiger partial charge on any atom is -0.340 e. The van der Waals surface area contributed by atoms with Crippen LogP contribution in [0.3, 0.4) is 0 Å². The van der Waals surface area contributed by atoms with Crippen LogP contribution in [0.1, 0.15) is 30.0 Å². The molecule has 1 saturated heterocycles. The first-order valence-corrected chi connectivity index (χ1v) is 12.6. The molecule has 10 heteroatoms. The van der Waals surface area contributed by atoms with E-state index in [9.17, 15) is 8.42 Å². The van der Waals surface area contributed by atoms with Crippen molar-refractivity contribution in [3.63, 3.8) is 0 Å². The van der Waals surface area contributed by atoms with Gasteiger partial charge in [-0.2, -0.15) is 9.61 Å². The van der Waals surface area contributed by atoms with E-state index in [0.717, 1.165) is 66.5 Å². The Hall–Kier alpha value is -2.95. The van der Waals surface area contributed by atoms with Gasteiger partial charge in [0, 0.05) is 55.8 Å². The number of hydrazine groups is 1. The summed E-state index contributed by atoms with van der Waals surface area (Å²) >= 11 is 0. The Labute approximate surface area is 187 Å². The Morgan fingerprint density at radius 3 is 2.69 bits per heavy atom. The number of fused-ring (bicyclic) bond motifs is 1. The van der Waals surface area contributed by atoms with Crippen LogP contribution in [-0.4, -0.2) is 61.0 Å². The van der Waals surface area contributed by atoms with Crippen LogP contribution in [-0.2, 0) is 9.84 Å². The second-order valence-electron chi connectivity index (χ2n) is 8.42. The molecule has 0 amide bonds. The predicted octanol–water partition coefficient (Wildman–Crippen LogP) is 2.13. The SMILES string of the molecule is CN1C=C(c2cnn3c(Nc4ccc(S(C)(=O)=O)cc4)cc(C4CCCNC4)nc23)CN1. The van der Waals surface area contributed by atoms with Crippen LogP contribution >= 0.6 is 0 Å². The quantitative estimate of drug-likeness (QED) is 0.540. The second-order valence-corrected chi connectivity index (χ2v) is 10.4. The van der Waals surface area contributed by atoms with Gasteiger partial charge in [0.25, 0.3) is 0 Å². The van der Waals surface area contributed by atoms with Crippen LogP contribution in [0.5, 0.6) is 0 Å². The van der Waals surface area contributed by atoms with Gasteiger partial charge in [-0.05, 0) is 49.2 Å². The molecular formula is C22H27N7O2S. The molecule has 2 aliphatic rings. The van der Waals surface area contributed by atoms with Crippen molar-refractivity contribution < 1.29 is 8.42 Å². The molecule has 1 unspecified atom stereocenters. The highest BCUT2D eigenvalue weighted by Gasteiger charge is 2.22. The zero-order valence-corrected chi connectivity index (χ0v) is 19.0. The van der Waals surface area contributed by atoms with E-state index in [4.69, 9.17) is 4.98 Å². The van der Waals surface area contributed by atoms with E-state index in [1.807, 2.05) is 22.8 Å². The smallest absolute Gasteiger partial charge is 0.175 e. The van der Waals surface area contributed by atoms with Crippen molar-refractivity contribution in [1.29, 1.82) is 0 Å². The van der Waals surface area contributed by atoms with Gasteiger partial charge >= 0.3 is 0 Å². The average molecular weight is 454 g/mol. The number of hydrogen-bond donors (Lipinski definition) is 3. The summed E-state index contributed by atoms with van der Waals surface area (Å²) in [6.07, 6.45) is 7.34. The Balaban J connectivity index is 1.57. The number of anilines is 2. The van der Waals surface area contributed by atoms with Gasteiger partial charge in [0.2, 0.25) is 0 Å². The molecule has 0 saturated carbocycles. The zero-order chi connectivity index (χ0) is 22.3. The minimum absolute atomic E-state index is 0.295. The largest absolute Gasteiger partial charge is 0.340 e. The van der Waals surface area contributed by atoms with Crippen molar-refractivity contribution in [2.75, 3.05) is 38.3 Å². The normalized spacial score (nSPS) is 19.4. The third kappa shape index (κ3) is 4.08. The first-order chi connectivity index (χ1) is 15.4. The fourth-order valence-electron chi connectivity index (χ4n) is 4.24. The van der Waals surface area contributed by atoms with Crippen molar-refractivity contribution in [2.45, 2.75) is 23.7 Å². The molecule has 3 N–H and O–H groups in total. The Bertz CT molecular complexity index is 1280. The van der Waals surface area contributed by atoms with E-state index in [1.165, 1.54) is 6.26 Å². The van der Waals surface area contributed by atoms with Crippen molar-refractivity contribution in [3.05, 3.63) is 54.0 Å². The van der Waals surface area contributed by atoms with Crippen molar-refractivity contribution in [2.24, 2.45) is 0 Å². The van der Waals surface area contributed by atoms with Crippen LogP contribution in [0.15, 0.2) is 47.6 Å². The molecule has 0 aliphatic carbocycles. The lowest BCUT2D eigenvalue weighted by atomic mass is 9.96.